The Morgan fingerprint density at radius 2 is 1.73 bits per heavy atom. The number of rotatable bonds is 7. The molecule has 0 aliphatic heterocycles. The quantitative estimate of drug-likeness (QED) is 0.783. The Kier molecular flexibility index (Phi) is 6.25. The summed E-state index contributed by atoms with van der Waals surface area (Å²) in [5, 5.41) is 6.93. The predicted molar refractivity (Wildman–Crippen MR) is 97.8 cm³/mol. The molecule has 1 N–H and O–H groups in total. The van der Waals surface area contributed by atoms with E-state index >= 15 is 0 Å². The van der Waals surface area contributed by atoms with Crippen LogP contribution in [0, 0.1) is 0 Å². The van der Waals surface area contributed by atoms with Crippen molar-refractivity contribution in [3.63, 3.8) is 0 Å². The van der Waals surface area contributed by atoms with Crippen LogP contribution in [-0.2, 0) is 0 Å². The highest BCUT2D eigenvalue weighted by Gasteiger charge is 2.13. The molecular weight excluding hydrogens is 292 g/mol. The van der Waals surface area contributed by atoms with Crippen LogP contribution < -0.4 is 5.32 Å². The monoisotopic (exact) mass is 318 g/mol. The molecule has 2 nitrogen and oxygen atoms in total. The average molecular weight is 319 g/mol. The van der Waals surface area contributed by atoms with Crippen molar-refractivity contribution in [2.45, 2.75) is 38.8 Å². The maximum Gasteiger partial charge on any atom is 0.0484 e. The lowest BCUT2D eigenvalue weighted by Gasteiger charge is -2.22. The fourth-order valence-electron chi connectivity index (χ4n) is 2.98. The normalized spacial score (nSPS) is 14.5. The van der Waals surface area contributed by atoms with E-state index in [0.717, 1.165) is 17.0 Å². The number of hydrogen-bond acceptors (Lipinski definition) is 2. The maximum absolute atomic E-state index is 6.31. The Morgan fingerprint density at radius 1 is 1.05 bits per heavy atom. The molecule has 0 aliphatic rings. The second-order valence-electron chi connectivity index (χ2n) is 6.42. The predicted octanol–water partition coefficient (Wildman–Crippen LogP) is 4.87. The zero-order valence-corrected chi connectivity index (χ0v) is 14.8. The molecule has 0 fully saturated rings. The Labute approximate surface area is 139 Å². The van der Waals surface area contributed by atoms with E-state index in [1.54, 1.807) is 0 Å². The largest absolute Gasteiger partial charge is 0.309 e. The first kappa shape index (κ1) is 17.3. The molecule has 2 aromatic rings. The first-order valence-electron chi connectivity index (χ1n) is 8.07. The summed E-state index contributed by atoms with van der Waals surface area (Å²) in [6.07, 6.45) is 2.41. The Bertz CT molecular complexity index is 609. The van der Waals surface area contributed by atoms with E-state index in [1.807, 2.05) is 12.1 Å². The van der Waals surface area contributed by atoms with E-state index in [9.17, 15) is 0 Å². The van der Waals surface area contributed by atoms with Crippen molar-refractivity contribution >= 4 is 22.4 Å². The van der Waals surface area contributed by atoms with Gasteiger partial charge in [0.1, 0.15) is 0 Å². The summed E-state index contributed by atoms with van der Waals surface area (Å²) < 4.78 is 0. The van der Waals surface area contributed by atoms with Gasteiger partial charge in [-0.1, -0.05) is 41.9 Å². The van der Waals surface area contributed by atoms with Crippen LogP contribution in [0.15, 0.2) is 36.4 Å². The molecule has 2 atom stereocenters. The number of nitrogens with one attached hydrogen (secondary N) is 1. The summed E-state index contributed by atoms with van der Waals surface area (Å²) in [7, 11) is 4.25. The van der Waals surface area contributed by atoms with Gasteiger partial charge in [-0.25, -0.2) is 0 Å². The summed E-state index contributed by atoms with van der Waals surface area (Å²) in [6.45, 7) is 5.65. The zero-order chi connectivity index (χ0) is 16.1. The summed E-state index contributed by atoms with van der Waals surface area (Å²) >= 11 is 6.31. The third-order valence-corrected chi connectivity index (χ3v) is 4.48. The van der Waals surface area contributed by atoms with Crippen LogP contribution in [0.1, 0.15) is 38.3 Å². The highest BCUT2D eigenvalue weighted by Crippen LogP contribution is 2.30. The van der Waals surface area contributed by atoms with Crippen molar-refractivity contribution in [3.8, 4) is 0 Å². The molecule has 0 amide bonds. The molecule has 120 valence electrons. The Morgan fingerprint density at radius 3 is 2.41 bits per heavy atom. The van der Waals surface area contributed by atoms with E-state index in [-0.39, 0.29) is 0 Å². The molecule has 0 heterocycles. The van der Waals surface area contributed by atoms with Gasteiger partial charge in [0.15, 0.2) is 0 Å². The molecule has 0 bridgehead atoms. The van der Waals surface area contributed by atoms with E-state index in [2.05, 4.69) is 62.4 Å². The molecule has 0 spiro atoms. The van der Waals surface area contributed by atoms with Crippen LogP contribution in [0.25, 0.3) is 10.8 Å². The minimum Gasteiger partial charge on any atom is -0.309 e. The Balaban J connectivity index is 2.07. The molecule has 2 rings (SSSR count). The molecule has 0 aromatic heterocycles. The van der Waals surface area contributed by atoms with Gasteiger partial charge >= 0.3 is 0 Å². The molecule has 2 unspecified atom stereocenters. The van der Waals surface area contributed by atoms with Gasteiger partial charge < -0.3 is 10.2 Å². The number of nitrogens with zero attached hydrogens (tertiary/aromatic N) is 1. The van der Waals surface area contributed by atoms with Crippen molar-refractivity contribution in [3.05, 3.63) is 47.0 Å². The molecule has 0 radical (unpaired) electrons. The SMILES string of the molecule is CC(CCCN(C)C)NC(C)c1ccc(Cl)c2ccccc12. The molecule has 0 saturated carbocycles. The molecule has 3 heteroatoms. The number of halogens is 1. The number of hydrogen-bond donors (Lipinski definition) is 1. The van der Waals surface area contributed by atoms with Gasteiger partial charge in [0.25, 0.3) is 0 Å². The van der Waals surface area contributed by atoms with Crippen LogP contribution in [0.4, 0.5) is 0 Å². The minimum atomic E-state index is 0.316. The maximum atomic E-state index is 6.31. The van der Waals surface area contributed by atoms with E-state index < -0.39 is 0 Å². The van der Waals surface area contributed by atoms with Crippen LogP contribution in [0.2, 0.25) is 5.02 Å². The van der Waals surface area contributed by atoms with E-state index in [1.165, 1.54) is 23.8 Å². The third kappa shape index (κ3) is 4.45. The molecule has 22 heavy (non-hydrogen) atoms. The fraction of sp³-hybridized carbons (Fsp3) is 0.474. The second kappa shape index (κ2) is 7.96. The van der Waals surface area contributed by atoms with Crippen LogP contribution in [0.3, 0.4) is 0 Å². The number of benzene rings is 2. The summed E-state index contributed by atoms with van der Waals surface area (Å²) in [5.41, 5.74) is 1.32. The third-order valence-electron chi connectivity index (χ3n) is 4.15. The molecule has 2 aromatic carbocycles. The van der Waals surface area contributed by atoms with Crippen LogP contribution >= 0.6 is 11.6 Å². The first-order valence-corrected chi connectivity index (χ1v) is 8.44. The van der Waals surface area contributed by atoms with Gasteiger partial charge in [0.05, 0.1) is 0 Å². The van der Waals surface area contributed by atoms with Crippen LogP contribution in [-0.4, -0.2) is 31.6 Å². The van der Waals surface area contributed by atoms with Crippen molar-refractivity contribution in [1.29, 1.82) is 0 Å². The van der Waals surface area contributed by atoms with E-state index in [4.69, 9.17) is 11.6 Å². The molecule has 0 aliphatic carbocycles. The summed E-state index contributed by atoms with van der Waals surface area (Å²) in [4.78, 5) is 2.24. The lowest BCUT2D eigenvalue weighted by Crippen LogP contribution is -2.29. The van der Waals surface area contributed by atoms with Gasteiger partial charge in [0, 0.05) is 22.5 Å². The van der Waals surface area contributed by atoms with Gasteiger partial charge in [-0.2, -0.15) is 0 Å². The first-order chi connectivity index (χ1) is 10.5. The number of fused-ring (bicyclic) bond motifs is 1. The molecule has 0 saturated heterocycles. The van der Waals surface area contributed by atoms with Gasteiger partial charge in [0.2, 0.25) is 0 Å². The van der Waals surface area contributed by atoms with Crippen molar-refractivity contribution in [2.24, 2.45) is 0 Å². The average Bonchev–Trinajstić information content (AvgIpc) is 2.47. The standard InChI is InChI=1S/C19H27ClN2/c1-14(8-7-13-22(3)4)21-15(2)16-11-12-19(20)18-10-6-5-9-17(16)18/h5-6,9-12,14-15,21H,7-8,13H2,1-4H3. The highest BCUT2D eigenvalue weighted by molar-refractivity contribution is 6.35. The topological polar surface area (TPSA) is 15.3 Å². The molecular formula is C19H27ClN2. The van der Waals surface area contributed by atoms with Gasteiger partial charge in [-0.05, 0) is 64.3 Å². The van der Waals surface area contributed by atoms with Gasteiger partial charge in [-0.3, -0.25) is 0 Å². The lowest BCUT2D eigenvalue weighted by atomic mass is 9.98. The summed E-state index contributed by atoms with van der Waals surface area (Å²) in [6, 6.07) is 13.3. The van der Waals surface area contributed by atoms with E-state index in [0.29, 0.717) is 12.1 Å². The smallest absolute Gasteiger partial charge is 0.0484 e. The van der Waals surface area contributed by atoms with Gasteiger partial charge in [-0.15, -0.1) is 0 Å². The zero-order valence-electron chi connectivity index (χ0n) is 14.1. The fourth-order valence-corrected chi connectivity index (χ4v) is 3.20. The summed E-state index contributed by atoms with van der Waals surface area (Å²) in [5.74, 6) is 0. The van der Waals surface area contributed by atoms with Crippen molar-refractivity contribution < 1.29 is 0 Å². The van der Waals surface area contributed by atoms with Crippen molar-refractivity contribution in [1.82, 2.24) is 10.2 Å². The lowest BCUT2D eigenvalue weighted by molar-refractivity contribution is 0.367. The second-order valence-corrected chi connectivity index (χ2v) is 6.82. The van der Waals surface area contributed by atoms with Crippen LogP contribution in [0.5, 0.6) is 0 Å². The van der Waals surface area contributed by atoms with Crippen molar-refractivity contribution in [2.75, 3.05) is 20.6 Å². The highest BCUT2D eigenvalue weighted by atomic mass is 35.5. The Hall–Kier alpha value is -1.09. The minimum absolute atomic E-state index is 0.316.